The molecule has 0 atom stereocenters. The summed E-state index contributed by atoms with van der Waals surface area (Å²) in [5.74, 6) is 0.0273. The van der Waals surface area contributed by atoms with Crippen molar-refractivity contribution in [2.45, 2.75) is 44.6 Å². The molecule has 2 aromatic heterocycles. The van der Waals surface area contributed by atoms with Crippen LogP contribution in [-0.2, 0) is 13.5 Å². The molecule has 1 aliphatic carbocycles. The van der Waals surface area contributed by atoms with Crippen molar-refractivity contribution in [3.63, 3.8) is 0 Å². The Bertz CT molecular complexity index is 593. The van der Waals surface area contributed by atoms with E-state index in [1.54, 1.807) is 17.1 Å². The van der Waals surface area contributed by atoms with Crippen LogP contribution in [0.1, 0.15) is 54.3 Å². The van der Waals surface area contributed by atoms with E-state index >= 15 is 0 Å². The molecule has 0 bridgehead atoms. The van der Waals surface area contributed by atoms with Gasteiger partial charge in [0, 0.05) is 19.4 Å². The molecular formula is C15H20N4O. The highest BCUT2D eigenvalue weighted by molar-refractivity contribution is 5.95. The molecular weight excluding hydrogens is 252 g/mol. The lowest BCUT2D eigenvalue weighted by Crippen LogP contribution is -2.14. The zero-order chi connectivity index (χ0) is 13.9. The zero-order valence-electron chi connectivity index (χ0n) is 11.8. The van der Waals surface area contributed by atoms with Crippen LogP contribution in [0.25, 0.3) is 0 Å². The summed E-state index contributed by atoms with van der Waals surface area (Å²) < 4.78 is 3.83. The summed E-state index contributed by atoms with van der Waals surface area (Å²) in [6.07, 6.45) is 12.1. The van der Waals surface area contributed by atoms with E-state index in [-0.39, 0.29) is 5.78 Å². The second kappa shape index (κ2) is 5.61. The van der Waals surface area contributed by atoms with Gasteiger partial charge in [0.05, 0.1) is 24.5 Å². The Balaban J connectivity index is 1.66. The van der Waals surface area contributed by atoms with Crippen LogP contribution in [0.5, 0.6) is 0 Å². The van der Waals surface area contributed by atoms with E-state index < -0.39 is 0 Å². The van der Waals surface area contributed by atoms with Crippen LogP contribution in [0.3, 0.4) is 0 Å². The molecule has 1 fully saturated rings. The number of carbonyl (C=O) groups excluding carboxylic acids is 1. The maximum Gasteiger partial charge on any atom is 0.188 e. The number of hydrogen-bond acceptors (Lipinski definition) is 3. The minimum Gasteiger partial charge on any atom is -0.340 e. The lowest BCUT2D eigenvalue weighted by molar-refractivity contribution is 0.0987. The fourth-order valence-corrected chi connectivity index (χ4v) is 2.83. The molecule has 0 aliphatic heterocycles. The number of nitrogens with zero attached hydrogens (tertiary/aromatic N) is 4. The largest absolute Gasteiger partial charge is 0.340 e. The Morgan fingerprint density at radius 3 is 2.85 bits per heavy atom. The van der Waals surface area contributed by atoms with Gasteiger partial charge in [0.1, 0.15) is 5.69 Å². The molecule has 3 rings (SSSR count). The summed E-state index contributed by atoms with van der Waals surface area (Å²) in [4.78, 5) is 16.2. The maximum atomic E-state index is 12.1. The topological polar surface area (TPSA) is 52.7 Å². The van der Waals surface area contributed by atoms with E-state index in [0.717, 1.165) is 5.69 Å². The second-order valence-corrected chi connectivity index (χ2v) is 5.60. The first-order chi connectivity index (χ1) is 9.72. The number of Topliss-reactive ketones (excluding diaryl/α,β-unsaturated/α-hetero) is 1. The highest BCUT2D eigenvalue weighted by atomic mass is 16.1. The van der Waals surface area contributed by atoms with Gasteiger partial charge in [0.2, 0.25) is 0 Å². The quantitative estimate of drug-likeness (QED) is 0.804. The molecule has 2 aromatic rings. The van der Waals surface area contributed by atoms with Gasteiger partial charge in [-0.05, 0) is 18.9 Å². The smallest absolute Gasteiger partial charge is 0.188 e. The van der Waals surface area contributed by atoms with Gasteiger partial charge in [-0.2, -0.15) is 5.10 Å². The number of hydrogen-bond donors (Lipinski definition) is 0. The zero-order valence-corrected chi connectivity index (χ0v) is 11.8. The van der Waals surface area contributed by atoms with Crippen molar-refractivity contribution in [1.29, 1.82) is 0 Å². The Morgan fingerprint density at radius 1 is 1.35 bits per heavy atom. The van der Waals surface area contributed by atoms with E-state index in [4.69, 9.17) is 0 Å². The Hall–Kier alpha value is -1.91. The van der Waals surface area contributed by atoms with Gasteiger partial charge in [-0.3, -0.25) is 9.48 Å². The van der Waals surface area contributed by atoms with Gasteiger partial charge in [-0.15, -0.1) is 0 Å². The first-order valence-corrected chi connectivity index (χ1v) is 7.27. The molecule has 0 spiro atoms. The van der Waals surface area contributed by atoms with Crippen molar-refractivity contribution < 1.29 is 4.79 Å². The first kappa shape index (κ1) is 13.1. The van der Waals surface area contributed by atoms with Crippen LogP contribution in [0.2, 0.25) is 0 Å². The third kappa shape index (κ3) is 2.81. The molecule has 0 amide bonds. The van der Waals surface area contributed by atoms with Gasteiger partial charge in [-0.1, -0.05) is 19.3 Å². The summed E-state index contributed by atoms with van der Waals surface area (Å²) in [7, 11) is 1.86. The molecule has 106 valence electrons. The van der Waals surface area contributed by atoms with Crippen LogP contribution in [0.4, 0.5) is 0 Å². The van der Waals surface area contributed by atoms with Crippen molar-refractivity contribution >= 4 is 5.78 Å². The van der Waals surface area contributed by atoms with Crippen LogP contribution in [0, 0.1) is 0 Å². The fourth-order valence-electron chi connectivity index (χ4n) is 2.83. The summed E-state index contributed by atoms with van der Waals surface area (Å²) in [5, 5.41) is 4.57. The molecule has 2 heterocycles. The van der Waals surface area contributed by atoms with E-state index in [9.17, 15) is 4.79 Å². The molecule has 0 radical (unpaired) electrons. The number of imidazole rings is 1. The summed E-state index contributed by atoms with van der Waals surface area (Å²) >= 11 is 0. The average Bonchev–Trinajstić information content (AvgIpc) is 3.09. The number of ketones is 1. The predicted octanol–water partition coefficient (Wildman–Crippen LogP) is 2.55. The summed E-state index contributed by atoms with van der Waals surface area (Å²) in [5.41, 5.74) is 1.35. The third-order valence-corrected chi connectivity index (χ3v) is 3.94. The van der Waals surface area contributed by atoms with Crippen molar-refractivity contribution in [2.24, 2.45) is 7.05 Å². The van der Waals surface area contributed by atoms with E-state index in [1.807, 2.05) is 24.0 Å². The molecule has 0 aromatic carbocycles. The van der Waals surface area contributed by atoms with Crippen molar-refractivity contribution in [2.75, 3.05) is 0 Å². The van der Waals surface area contributed by atoms with E-state index in [0.29, 0.717) is 18.2 Å². The maximum absolute atomic E-state index is 12.1. The minimum absolute atomic E-state index is 0.0273. The predicted molar refractivity (Wildman–Crippen MR) is 75.6 cm³/mol. The van der Waals surface area contributed by atoms with Gasteiger partial charge in [-0.25, -0.2) is 4.98 Å². The Kier molecular flexibility index (Phi) is 3.67. The SMILES string of the molecule is Cn1cnc(C(=O)Cc2ccn(C3CCCCC3)n2)c1. The Morgan fingerprint density at radius 2 is 2.15 bits per heavy atom. The molecule has 1 aliphatic rings. The first-order valence-electron chi connectivity index (χ1n) is 7.27. The molecule has 0 saturated heterocycles. The highest BCUT2D eigenvalue weighted by Gasteiger charge is 2.17. The summed E-state index contributed by atoms with van der Waals surface area (Å²) in [6, 6.07) is 2.47. The molecule has 0 N–H and O–H groups in total. The normalized spacial score (nSPS) is 16.4. The molecule has 20 heavy (non-hydrogen) atoms. The number of aryl methyl sites for hydroxylation is 1. The van der Waals surface area contributed by atoms with Gasteiger partial charge < -0.3 is 4.57 Å². The molecule has 5 heteroatoms. The lowest BCUT2D eigenvalue weighted by Gasteiger charge is -2.21. The van der Waals surface area contributed by atoms with Gasteiger partial charge in [0.25, 0.3) is 0 Å². The van der Waals surface area contributed by atoms with Gasteiger partial charge >= 0.3 is 0 Å². The third-order valence-electron chi connectivity index (χ3n) is 3.94. The fraction of sp³-hybridized carbons (Fsp3) is 0.533. The van der Waals surface area contributed by atoms with Crippen molar-refractivity contribution in [3.05, 3.63) is 36.2 Å². The summed E-state index contributed by atoms with van der Waals surface area (Å²) in [6.45, 7) is 0. The Labute approximate surface area is 118 Å². The van der Waals surface area contributed by atoms with E-state index in [1.165, 1.54) is 32.1 Å². The molecule has 5 nitrogen and oxygen atoms in total. The van der Waals surface area contributed by atoms with E-state index in [2.05, 4.69) is 10.1 Å². The number of aromatic nitrogens is 4. The van der Waals surface area contributed by atoms with Crippen molar-refractivity contribution in [3.8, 4) is 0 Å². The number of carbonyl (C=O) groups is 1. The molecule has 0 unspecified atom stereocenters. The van der Waals surface area contributed by atoms with Crippen LogP contribution < -0.4 is 0 Å². The number of rotatable bonds is 4. The van der Waals surface area contributed by atoms with Crippen LogP contribution in [-0.4, -0.2) is 25.1 Å². The van der Waals surface area contributed by atoms with Crippen LogP contribution in [0.15, 0.2) is 24.8 Å². The standard InChI is InChI=1S/C15H20N4O/c1-18-10-14(16-11-18)15(20)9-12-7-8-19(17-12)13-5-3-2-4-6-13/h7-8,10-11,13H,2-6,9H2,1H3. The lowest BCUT2D eigenvalue weighted by atomic mass is 9.96. The van der Waals surface area contributed by atoms with Crippen LogP contribution >= 0.6 is 0 Å². The average molecular weight is 272 g/mol. The monoisotopic (exact) mass is 272 g/mol. The minimum atomic E-state index is 0.0273. The second-order valence-electron chi connectivity index (χ2n) is 5.60. The van der Waals surface area contributed by atoms with Gasteiger partial charge in [0.15, 0.2) is 5.78 Å². The molecule has 1 saturated carbocycles. The van der Waals surface area contributed by atoms with Crippen molar-refractivity contribution in [1.82, 2.24) is 19.3 Å². The highest BCUT2D eigenvalue weighted by Crippen LogP contribution is 2.27.